The molecule has 1 fully saturated rings. The van der Waals surface area contributed by atoms with Gasteiger partial charge >= 0.3 is 11.9 Å². The van der Waals surface area contributed by atoms with E-state index < -0.39 is 18.0 Å². The summed E-state index contributed by atoms with van der Waals surface area (Å²) < 4.78 is 4.46. The van der Waals surface area contributed by atoms with Crippen LogP contribution in [0.15, 0.2) is 0 Å². The van der Waals surface area contributed by atoms with E-state index in [1.165, 1.54) is 7.11 Å². The maximum Gasteiger partial charge on any atom is 0.326 e. The Morgan fingerprint density at radius 1 is 1.45 bits per heavy atom. The number of carbonyl (C=O) groups excluding carboxylic acids is 2. The van der Waals surface area contributed by atoms with Crippen molar-refractivity contribution < 1.29 is 24.2 Å². The van der Waals surface area contributed by atoms with Crippen molar-refractivity contribution in [1.82, 2.24) is 10.6 Å². The molecule has 0 aromatic carbocycles. The Morgan fingerprint density at radius 3 is 2.70 bits per heavy atom. The summed E-state index contributed by atoms with van der Waals surface area (Å²) in [7, 11) is 1.24. The van der Waals surface area contributed by atoms with Gasteiger partial charge in [0, 0.05) is 6.42 Å². The smallest absolute Gasteiger partial charge is 0.326 e. The summed E-state index contributed by atoms with van der Waals surface area (Å²) in [5, 5.41) is 14.6. The van der Waals surface area contributed by atoms with E-state index in [4.69, 9.17) is 5.11 Å². The Bertz CT molecular complexity index is 372. The summed E-state index contributed by atoms with van der Waals surface area (Å²) in [6, 6.07) is -1.43. The van der Waals surface area contributed by atoms with Gasteiger partial charge in [-0.25, -0.2) is 4.79 Å². The fourth-order valence-corrected chi connectivity index (χ4v) is 2.20. The van der Waals surface area contributed by atoms with E-state index in [1.807, 2.05) is 0 Å². The van der Waals surface area contributed by atoms with Gasteiger partial charge in [-0.2, -0.15) is 0 Å². The predicted molar refractivity (Wildman–Crippen MR) is 71.0 cm³/mol. The minimum absolute atomic E-state index is 0.0238. The standard InChI is InChI=1S/C13H22N2O5/c1-8-5-6-14-10(7-8)12(17)15-9(13(18)19)3-4-11(16)20-2/h8-10,14H,3-7H2,1-2H3,(H,15,17)(H,18,19)/t8?,9-,10?/m0/s1. The van der Waals surface area contributed by atoms with Crippen LogP contribution in [0.1, 0.15) is 32.6 Å². The first-order valence-electron chi connectivity index (χ1n) is 6.77. The lowest BCUT2D eigenvalue weighted by atomic mass is 9.93. The molecule has 7 nitrogen and oxygen atoms in total. The zero-order valence-corrected chi connectivity index (χ0v) is 11.8. The number of esters is 1. The fourth-order valence-electron chi connectivity index (χ4n) is 2.20. The van der Waals surface area contributed by atoms with Crippen molar-refractivity contribution >= 4 is 17.8 Å². The van der Waals surface area contributed by atoms with E-state index >= 15 is 0 Å². The fraction of sp³-hybridized carbons (Fsp3) is 0.769. The molecule has 7 heteroatoms. The number of ether oxygens (including phenoxy) is 1. The van der Waals surface area contributed by atoms with E-state index in [0.29, 0.717) is 12.3 Å². The number of rotatable bonds is 6. The lowest BCUT2D eigenvalue weighted by molar-refractivity contribution is -0.144. The number of carboxylic acids is 1. The Labute approximate surface area is 118 Å². The summed E-state index contributed by atoms with van der Waals surface area (Å²) in [6.45, 7) is 2.81. The molecule has 20 heavy (non-hydrogen) atoms. The van der Waals surface area contributed by atoms with Gasteiger partial charge in [0.05, 0.1) is 13.2 Å². The molecule has 1 aliphatic rings. The van der Waals surface area contributed by atoms with Crippen LogP contribution in [-0.4, -0.2) is 48.7 Å². The van der Waals surface area contributed by atoms with Crippen LogP contribution < -0.4 is 10.6 Å². The van der Waals surface area contributed by atoms with E-state index in [1.54, 1.807) is 0 Å². The zero-order chi connectivity index (χ0) is 15.1. The van der Waals surface area contributed by atoms with Crippen LogP contribution in [0.3, 0.4) is 0 Å². The summed E-state index contributed by atoms with van der Waals surface area (Å²) in [5.41, 5.74) is 0. The highest BCUT2D eigenvalue weighted by atomic mass is 16.5. The normalized spacial score (nSPS) is 23.7. The van der Waals surface area contributed by atoms with Crippen molar-refractivity contribution in [3.05, 3.63) is 0 Å². The molecule has 0 aromatic heterocycles. The molecule has 1 saturated heterocycles. The average Bonchev–Trinajstić information content (AvgIpc) is 2.42. The van der Waals surface area contributed by atoms with E-state index in [-0.39, 0.29) is 24.8 Å². The maximum atomic E-state index is 12.0. The minimum atomic E-state index is -1.15. The third-order valence-corrected chi connectivity index (χ3v) is 3.46. The first-order chi connectivity index (χ1) is 9.43. The Balaban J connectivity index is 2.49. The molecule has 0 bridgehead atoms. The highest BCUT2D eigenvalue weighted by Gasteiger charge is 2.28. The van der Waals surface area contributed by atoms with Gasteiger partial charge in [0.15, 0.2) is 0 Å². The van der Waals surface area contributed by atoms with Crippen LogP contribution in [0, 0.1) is 5.92 Å². The SMILES string of the molecule is COC(=O)CC[C@H](NC(=O)C1CC(C)CCN1)C(=O)O. The topological polar surface area (TPSA) is 105 Å². The molecule has 1 aliphatic heterocycles. The number of carboxylic acid groups (broad SMARTS) is 1. The molecule has 0 spiro atoms. The molecule has 0 radical (unpaired) electrons. The molecule has 114 valence electrons. The number of hydrogen-bond acceptors (Lipinski definition) is 5. The van der Waals surface area contributed by atoms with Gasteiger partial charge < -0.3 is 20.5 Å². The van der Waals surface area contributed by atoms with Crippen molar-refractivity contribution in [2.45, 2.75) is 44.7 Å². The van der Waals surface area contributed by atoms with Gasteiger partial charge in [-0.15, -0.1) is 0 Å². The van der Waals surface area contributed by atoms with E-state index in [2.05, 4.69) is 22.3 Å². The van der Waals surface area contributed by atoms with Crippen LogP contribution in [0.5, 0.6) is 0 Å². The summed E-state index contributed by atoms with van der Waals surface area (Å²) in [6.07, 6.45) is 1.68. The lowest BCUT2D eigenvalue weighted by Crippen LogP contribution is -2.52. The highest BCUT2D eigenvalue weighted by molar-refractivity contribution is 5.87. The van der Waals surface area contributed by atoms with Crippen LogP contribution in [0.25, 0.3) is 0 Å². The van der Waals surface area contributed by atoms with Crippen LogP contribution in [0.4, 0.5) is 0 Å². The zero-order valence-electron chi connectivity index (χ0n) is 11.8. The van der Waals surface area contributed by atoms with Crippen molar-refractivity contribution in [3.8, 4) is 0 Å². The van der Waals surface area contributed by atoms with Gasteiger partial charge in [-0.05, 0) is 31.7 Å². The highest BCUT2D eigenvalue weighted by Crippen LogP contribution is 2.15. The minimum Gasteiger partial charge on any atom is -0.480 e. The monoisotopic (exact) mass is 286 g/mol. The first-order valence-corrected chi connectivity index (χ1v) is 6.77. The van der Waals surface area contributed by atoms with Gasteiger partial charge in [-0.1, -0.05) is 6.92 Å². The Hall–Kier alpha value is -1.63. The summed E-state index contributed by atoms with van der Waals surface area (Å²) >= 11 is 0. The van der Waals surface area contributed by atoms with Gasteiger partial charge in [-0.3, -0.25) is 9.59 Å². The van der Waals surface area contributed by atoms with Crippen LogP contribution >= 0.6 is 0 Å². The second kappa shape index (κ2) is 7.84. The lowest BCUT2D eigenvalue weighted by Gasteiger charge is -2.28. The molecule has 0 aromatic rings. The summed E-state index contributed by atoms with van der Waals surface area (Å²) in [5.74, 6) is -1.53. The van der Waals surface area contributed by atoms with Crippen LogP contribution in [-0.2, 0) is 19.1 Å². The second-order valence-corrected chi connectivity index (χ2v) is 5.15. The Kier molecular flexibility index (Phi) is 6.44. The molecule has 2 unspecified atom stereocenters. The van der Waals surface area contributed by atoms with Gasteiger partial charge in [0.1, 0.15) is 6.04 Å². The third-order valence-electron chi connectivity index (χ3n) is 3.46. The van der Waals surface area contributed by atoms with Crippen LogP contribution in [0.2, 0.25) is 0 Å². The number of piperidine rings is 1. The predicted octanol–water partition coefficient (Wildman–Crippen LogP) is -0.103. The first kappa shape index (κ1) is 16.4. The van der Waals surface area contributed by atoms with Crippen molar-refractivity contribution in [3.63, 3.8) is 0 Å². The molecular weight excluding hydrogens is 264 g/mol. The van der Waals surface area contributed by atoms with Crippen molar-refractivity contribution in [2.24, 2.45) is 5.92 Å². The molecule has 3 N–H and O–H groups in total. The number of methoxy groups -OCH3 is 1. The average molecular weight is 286 g/mol. The van der Waals surface area contributed by atoms with Crippen molar-refractivity contribution in [2.75, 3.05) is 13.7 Å². The molecule has 1 amide bonds. The van der Waals surface area contributed by atoms with Crippen molar-refractivity contribution in [1.29, 1.82) is 0 Å². The molecule has 0 aliphatic carbocycles. The number of hydrogen-bond donors (Lipinski definition) is 3. The molecule has 0 saturated carbocycles. The third kappa shape index (κ3) is 5.16. The number of nitrogens with one attached hydrogen (secondary N) is 2. The van der Waals surface area contributed by atoms with Gasteiger partial charge in [0.25, 0.3) is 0 Å². The Morgan fingerprint density at radius 2 is 2.15 bits per heavy atom. The molecule has 3 atom stereocenters. The van der Waals surface area contributed by atoms with E-state index in [0.717, 1.165) is 13.0 Å². The number of amides is 1. The second-order valence-electron chi connectivity index (χ2n) is 5.15. The molecule has 1 rings (SSSR count). The largest absolute Gasteiger partial charge is 0.480 e. The molecule has 1 heterocycles. The number of aliphatic carboxylic acids is 1. The maximum absolute atomic E-state index is 12.0. The molecular formula is C13H22N2O5. The number of carbonyl (C=O) groups is 3. The summed E-state index contributed by atoms with van der Waals surface area (Å²) in [4.78, 5) is 34.1. The quantitative estimate of drug-likeness (QED) is 0.589. The van der Waals surface area contributed by atoms with E-state index in [9.17, 15) is 14.4 Å². The van der Waals surface area contributed by atoms with Gasteiger partial charge in [0.2, 0.25) is 5.91 Å².